The van der Waals surface area contributed by atoms with Gasteiger partial charge < -0.3 is 5.73 Å². The molecule has 2 rings (SSSR count). The van der Waals surface area contributed by atoms with E-state index in [9.17, 15) is 4.39 Å². The molecule has 0 saturated heterocycles. The average Bonchev–Trinajstić information content (AvgIpc) is 2.70. The average molecular weight is 290 g/mol. The van der Waals surface area contributed by atoms with Gasteiger partial charge in [-0.25, -0.2) is 4.39 Å². The van der Waals surface area contributed by atoms with Gasteiger partial charge >= 0.3 is 0 Å². The SMILES string of the molecule is NC(Cc1ccc(F)c(Cl)c1)c1sccc1Cl. The normalized spacial score (nSPS) is 12.7. The highest BCUT2D eigenvalue weighted by Crippen LogP contribution is 2.29. The Morgan fingerprint density at radius 3 is 2.59 bits per heavy atom. The smallest absolute Gasteiger partial charge is 0.141 e. The Morgan fingerprint density at radius 2 is 2.00 bits per heavy atom. The fraction of sp³-hybridized carbons (Fsp3) is 0.167. The van der Waals surface area contributed by atoms with E-state index in [1.165, 1.54) is 17.4 Å². The molecule has 90 valence electrons. The summed E-state index contributed by atoms with van der Waals surface area (Å²) in [4.78, 5) is 0.937. The molecular formula is C12H10Cl2FNS. The van der Waals surface area contributed by atoms with Crippen molar-refractivity contribution in [2.75, 3.05) is 0 Å². The van der Waals surface area contributed by atoms with Gasteiger partial charge in [-0.1, -0.05) is 29.3 Å². The molecule has 0 spiro atoms. The standard InChI is InChI=1S/C12H10Cl2FNS/c13-8-3-4-17-12(8)11(16)6-7-1-2-10(15)9(14)5-7/h1-5,11H,6,16H2. The molecule has 0 saturated carbocycles. The van der Waals surface area contributed by atoms with E-state index in [0.717, 1.165) is 10.4 Å². The lowest BCUT2D eigenvalue weighted by molar-refractivity contribution is 0.626. The van der Waals surface area contributed by atoms with Gasteiger partial charge in [0.15, 0.2) is 0 Å². The predicted octanol–water partition coefficient (Wildman–Crippen LogP) is 4.44. The van der Waals surface area contributed by atoms with Crippen LogP contribution in [0.4, 0.5) is 4.39 Å². The van der Waals surface area contributed by atoms with Crippen molar-refractivity contribution in [1.29, 1.82) is 0 Å². The molecule has 0 aliphatic heterocycles. The van der Waals surface area contributed by atoms with Crippen LogP contribution in [0.15, 0.2) is 29.6 Å². The number of rotatable bonds is 3. The van der Waals surface area contributed by atoms with E-state index in [1.807, 2.05) is 11.4 Å². The Hall–Kier alpha value is -0.610. The molecule has 1 atom stereocenters. The summed E-state index contributed by atoms with van der Waals surface area (Å²) < 4.78 is 13.0. The summed E-state index contributed by atoms with van der Waals surface area (Å²) in [6.07, 6.45) is 0.584. The highest BCUT2D eigenvalue weighted by atomic mass is 35.5. The maximum absolute atomic E-state index is 13.0. The predicted molar refractivity (Wildman–Crippen MR) is 71.4 cm³/mol. The van der Waals surface area contributed by atoms with Crippen LogP contribution in [-0.2, 0) is 6.42 Å². The number of hydrogen-bond acceptors (Lipinski definition) is 2. The van der Waals surface area contributed by atoms with Gasteiger partial charge in [-0.15, -0.1) is 11.3 Å². The molecular weight excluding hydrogens is 280 g/mol. The van der Waals surface area contributed by atoms with Crippen molar-refractivity contribution in [3.05, 3.63) is 55.9 Å². The first-order valence-corrected chi connectivity index (χ1v) is 6.64. The lowest BCUT2D eigenvalue weighted by Gasteiger charge is -2.10. The van der Waals surface area contributed by atoms with Crippen LogP contribution in [-0.4, -0.2) is 0 Å². The molecule has 17 heavy (non-hydrogen) atoms. The number of hydrogen-bond donors (Lipinski definition) is 1. The second kappa shape index (κ2) is 5.36. The molecule has 1 unspecified atom stereocenters. The maximum Gasteiger partial charge on any atom is 0.141 e. The minimum Gasteiger partial charge on any atom is -0.323 e. The summed E-state index contributed by atoms with van der Waals surface area (Å²) in [6.45, 7) is 0. The van der Waals surface area contributed by atoms with E-state index in [4.69, 9.17) is 28.9 Å². The number of benzene rings is 1. The summed E-state index contributed by atoms with van der Waals surface area (Å²) in [5.41, 5.74) is 6.95. The molecule has 5 heteroatoms. The third-order valence-electron chi connectivity index (χ3n) is 2.42. The Balaban J connectivity index is 2.16. The third kappa shape index (κ3) is 2.99. The van der Waals surface area contributed by atoms with Crippen molar-refractivity contribution in [2.24, 2.45) is 5.73 Å². The Morgan fingerprint density at radius 1 is 1.24 bits per heavy atom. The van der Waals surface area contributed by atoms with Gasteiger partial charge in [0.05, 0.1) is 10.0 Å². The van der Waals surface area contributed by atoms with Crippen molar-refractivity contribution in [2.45, 2.75) is 12.5 Å². The van der Waals surface area contributed by atoms with Crippen molar-refractivity contribution in [3.63, 3.8) is 0 Å². The highest BCUT2D eigenvalue weighted by Gasteiger charge is 2.13. The van der Waals surface area contributed by atoms with Crippen molar-refractivity contribution in [3.8, 4) is 0 Å². The number of nitrogens with two attached hydrogens (primary N) is 1. The van der Waals surface area contributed by atoms with Gasteiger partial charge in [0.2, 0.25) is 0 Å². The quantitative estimate of drug-likeness (QED) is 0.888. The monoisotopic (exact) mass is 289 g/mol. The molecule has 2 aromatic rings. The van der Waals surface area contributed by atoms with E-state index in [1.54, 1.807) is 12.1 Å². The second-order valence-electron chi connectivity index (χ2n) is 3.69. The fourth-order valence-corrected chi connectivity index (χ4v) is 2.99. The lowest BCUT2D eigenvalue weighted by Crippen LogP contribution is -2.12. The van der Waals surface area contributed by atoms with E-state index in [0.29, 0.717) is 11.4 Å². The first-order chi connectivity index (χ1) is 8.08. The molecule has 1 heterocycles. The zero-order chi connectivity index (χ0) is 12.4. The van der Waals surface area contributed by atoms with Crippen molar-refractivity contribution < 1.29 is 4.39 Å². The van der Waals surface area contributed by atoms with E-state index in [-0.39, 0.29) is 11.1 Å². The van der Waals surface area contributed by atoms with Crippen LogP contribution in [0.2, 0.25) is 10.0 Å². The highest BCUT2D eigenvalue weighted by molar-refractivity contribution is 7.10. The van der Waals surface area contributed by atoms with Crippen molar-refractivity contribution >= 4 is 34.5 Å². The van der Waals surface area contributed by atoms with Gasteiger partial charge in [0.1, 0.15) is 5.82 Å². The molecule has 1 aromatic heterocycles. The molecule has 2 N–H and O–H groups in total. The second-order valence-corrected chi connectivity index (χ2v) is 5.45. The molecule has 0 bridgehead atoms. The summed E-state index contributed by atoms with van der Waals surface area (Å²) in [5.74, 6) is -0.418. The van der Waals surface area contributed by atoms with Gasteiger partial charge in [0, 0.05) is 10.9 Å². The maximum atomic E-state index is 13.0. The third-order valence-corrected chi connectivity index (χ3v) is 4.20. The minimum absolute atomic E-state index is 0.118. The van der Waals surface area contributed by atoms with E-state index in [2.05, 4.69) is 0 Å². The van der Waals surface area contributed by atoms with Crippen LogP contribution in [0.5, 0.6) is 0 Å². The van der Waals surface area contributed by atoms with Gasteiger partial charge in [-0.05, 0) is 35.6 Å². The molecule has 0 amide bonds. The van der Waals surface area contributed by atoms with Crippen LogP contribution >= 0.6 is 34.5 Å². The van der Waals surface area contributed by atoms with Crippen LogP contribution in [0.3, 0.4) is 0 Å². The molecule has 0 radical (unpaired) electrons. The molecule has 0 aliphatic rings. The number of thiophene rings is 1. The first-order valence-electron chi connectivity index (χ1n) is 5.00. The summed E-state index contributed by atoms with van der Waals surface area (Å²) >= 11 is 13.2. The number of halogens is 3. The summed E-state index contributed by atoms with van der Waals surface area (Å²) in [5, 5.41) is 2.69. The van der Waals surface area contributed by atoms with E-state index < -0.39 is 5.82 Å². The fourth-order valence-electron chi connectivity index (χ4n) is 1.58. The largest absolute Gasteiger partial charge is 0.323 e. The zero-order valence-corrected chi connectivity index (χ0v) is 11.1. The first kappa shape index (κ1) is 12.8. The minimum atomic E-state index is -0.418. The van der Waals surface area contributed by atoms with Gasteiger partial charge in [0.25, 0.3) is 0 Å². The van der Waals surface area contributed by atoms with Crippen LogP contribution < -0.4 is 5.73 Å². The molecule has 0 aliphatic carbocycles. The Kier molecular flexibility index (Phi) is 4.05. The van der Waals surface area contributed by atoms with E-state index >= 15 is 0 Å². The molecule has 0 fully saturated rings. The van der Waals surface area contributed by atoms with Crippen LogP contribution in [0, 0.1) is 5.82 Å². The Bertz CT molecular complexity index is 527. The Labute approximate surface area is 113 Å². The summed E-state index contributed by atoms with van der Waals surface area (Å²) in [7, 11) is 0. The molecule has 1 aromatic carbocycles. The van der Waals surface area contributed by atoms with Crippen molar-refractivity contribution in [1.82, 2.24) is 0 Å². The zero-order valence-electron chi connectivity index (χ0n) is 8.79. The summed E-state index contributed by atoms with van der Waals surface area (Å²) in [6, 6.07) is 6.25. The van der Waals surface area contributed by atoms with Gasteiger partial charge in [-0.3, -0.25) is 0 Å². The lowest BCUT2D eigenvalue weighted by atomic mass is 10.1. The van der Waals surface area contributed by atoms with Crippen LogP contribution in [0.25, 0.3) is 0 Å². The molecule has 1 nitrogen and oxygen atoms in total. The van der Waals surface area contributed by atoms with Gasteiger partial charge in [-0.2, -0.15) is 0 Å². The topological polar surface area (TPSA) is 26.0 Å². The van der Waals surface area contributed by atoms with Crippen LogP contribution in [0.1, 0.15) is 16.5 Å².